The summed E-state index contributed by atoms with van der Waals surface area (Å²) in [6.07, 6.45) is 0.628. The summed E-state index contributed by atoms with van der Waals surface area (Å²) in [5.74, 6) is -0.239. The third-order valence-corrected chi connectivity index (χ3v) is 5.87. The van der Waals surface area contributed by atoms with Crippen molar-refractivity contribution in [2.45, 2.75) is 17.7 Å². The number of halogens is 3. The lowest BCUT2D eigenvalue weighted by atomic mass is 10.1. The Kier molecular flexibility index (Phi) is 7.91. The Morgan fingerprint density at radius 3 is 2.23 bits per heavy atom. The average molecular weight is 480 g/mol. The molecule has 140 valence electrons. The maximum absolute atomic E-state index is 12.1. The second kappa shape index (κ2) is 9.71. The van der Waals surface area contributed by atoms with Gasteiger partial charge in [0.15, 0.2) is 0 Å². The monoisotopic (exact) mass is 478 g/mol. The smallest absolute Gasteiger partial charge is 0.240 e. The molecule has 1 amide bonds. The summed E-state index contributed by atoms with van der Waals surface area (Å²) < 4.78 is 27.4. The van der Waals surface area contributed by atoms with Crippen molar-refractivity contribution in [1.82, 2.24) is 10.0 Å². The van der Waals surface area contributed by atoms with Gasteiger partial charge in [-0.05, 0) is 54.4 Å². The first kappa shape index (κ1) is 21.2. The molecule has 9 heteroatoms. The molecular formula is C17H17BrCl2N2O3S. The fraction of sp³-hybridized carbons (Fsp3) is 0.235. The van der Waals surface area contributed by atoms with Gasteiger partial charge in [0.2, 0.25) is 15.9 Å². The summed E-state index contributed by atoms with van der Waals surface area (Å²) in [5.41, 5.74) is 0.916. The van der Waals surface area contributed by atoms with Crippen LogP contribution in [0, 0.1) is 0 Å². The van der Waals surface area contributed by atoms with Crippen LogP contribution in [0.15, 0.2) is 51.8 Å². The molecule has 0 unspecified atom stereocenters. The fourth-order valence-corrected chi connectivity index (χ4v) is 4.05. The zero-order valence-electron chi connectivity index (χ0n) is 13.6. The highest BCUT2D eigenvalue weighted by Crippen LogP contribution is 2.19. The van der Waals surface area contributed by atoms with Gasteiger partial charge in [-0.2, -0.15) is 0 Å². The molecular weight excluding hydrogens is 463 g/mol. The van der Waals surface area contributed by atoms with Gasteiger partial charge in [-0.25, -0.2) is 13.1 Å². The molecule has 0 atom stereocenters. The molecule has 0 bridgehead atoms. The maximum atomic E-state index is 12.1. The molecule has 0 aliphatic carbocycles. The van der Waals surface area contributed by atoms with Crippen molar-refractivity contribution < 1.29 is 13.2 Å². The summed E-state index contributed by atoms with van der Waals surface area (Å²) in [4.78, 5) is 12.0. The van der Waals surface area contributed by atoms with E-state index in [-0.39, 0.29) is 23.8 Å². The largest absolute Gasteiger partial charge is 0.356 e. The van der Waals surface area contributed by atoms with Crippen LogP contribution in [0.1, 0.15) is 12.0 Å². The standard InChI is InChI=1S/C17H17BrCl2N2O3S/c18-13-1-3-16(4-2-13)26(24,25)22-8-6-17(23)21-7-5-12-9-14(19)11-15(20)10-12/h1-4,9-11,22H,5-8H2,(H,21,23). The van der Waals surface area contributed by atoms with Gasteiger partial charge in [-0.15, -0.1) is 0 Å². The Morgan fingerprint density at radius 2 is 1.62 bits per heavy atom. The van der Waals surface area contributed by atoms with Crippen LogP contribution in [0.5, 0.6) is 0 Å². The molecule has 2 aromatic rings. The van der Waals surface area contributed by atoms with Gasteiger partial charge >= 0.3 is 0 Å². The molecule has 5 nitrogen and oxygen atoms in total. The lowest BCUT2D eigenvalue weighted by Crippen LogP contribution is -2.31. The molecule has 26 heavy (non-hydrogen) atoms. The number of carbonyl (C=O) groups is 1. The van der Waals surface area contributed by atoms with Crippen LogP contribution in [0.2, 0.25) is 10.0 Å². The first-order valence-electron chi connectivity index (χ1n) is 7.73. The molecule has 0 aromatic heterocycles. The van der Waals surface area contributed by atoms with E-state index in [2.05, 4.69) is 26.0 Å². The Labute approximate surface area is 171 Å². The normalized spacial score (nSPS) is 11.3. The molecule has 0 heterocycles. The molecule has 0 spiro atoms. The molecule has 0 fully saturated rings. The van der Waals surface area contributed by atoms with Crippen molar-refractivity contribution in [3.05, 3.63) is 62.5 Å². The van der Waals surface area contributed by atoms with Crippen molar-refractivity contribution in [2.24, 2.45) is 0 Å². The van der Waals surface area contributed by atoms with E-state index >= 15 is 0 Å². The van der Waals surface area contributed by atoms with Crippen LogP contribution in [-0.4, -0.2) is 27.4 Å². The van der Waals surface area contributed by atoms with Crippen molar-refractivity contribution in [3.63, 3.8) is 0 Å². The van der Waals surface area contributed by atoms with Gasteiger partial charge in [0, 0.05) is 34.0 Å². The topological polar surface area (TPSA) is 75.3 Å². The summed E-state index contributed by atoms with van der Waals surface area (Å²) in [5, 5.41) is 3.82. The quantitative estimate of drug-likeness (QED) is 0.604. The lowest BCUT2D eigenvalue weighted by Gasteiger charge is -2.08. The molecule has 2 N–H and O–H groups in total. The van der Waals surface area contributed by atoms with Gasteiger partial charge < -0.3 is 5.32 Å². The summed E-state index contributed by atoms with van der Waals surface area (Å²) in [6, 6.07) is 11.5. The van der Waals surface area contributed by atoms with Crippen LogP contribution < -0.4 is 10.0 Å². The summed E-state index contributed by atoms with van der Waals surface area (Å²) >= 11 is 15.1. The lowest BCUT2D eigenvalue weighted by molar-refractivity contribution is -0.120. The number of amides is 1. The van der Waals surface area contributed by atoms with Crippen molar-refractivity contribution in [2.75, 3.05) is 13.1 Å². The van der Waals surface area contributed by atoms with E-state index in [4.69, 9.17) is 23.2 Å². The maximum Gasteiger partial charge on any atom is 0.240 e. The summed E-state index contributed by atoms with van der Waals surface area (Å²) in [6.45, 7) is 0.433. The highest BCUT2D eigenvalue weighted by atomic mass is 79.9. The van der Waals surface area contributed by atoms with Crippen molar-refractivity contribution in [1.29, 1.82) is 0 Å². The van der Waals surface area contributed by atoms with Crippen LogP contribution in [-0.2, 0) is 21.2 Å². The number of rotatable bonds is 8. The predicted molar refractivity (Wildman–Crippen MR) is 107 cm³/mol. The van der Waals surface area contributed by atoms with E-state index in [1.807, 2.05) is 0 Å². The predicted octanol–water partition coefficient (Wildman–Crippen LogP) is 3.78. The molecule has 0 radical (unpaired) electrons. The highest BCUT2D eigenvalue weighted by molar-refractivity contribution is 9.10. The SMILES string of the molecule is O=C(CCNS(=O)(=O)c1ccc(Br)cc1)NCCc1cc(Cl)cc(Cl)c1. The number of hydrogen-bond acceptors (Lipinski definition) is 3. The van der Waals surface area contributed by atoms with E-state index < -0.39 is 10.0 Å². The second-order valence-electron chi connectivity index (χ2n) is 5.48. The Morgan fingerprint density at radius 1 is 1.00 bits per heavy atom. The number of sulfonamides is 1. The Hall–Kier alpha value is -1.12. The first-order chi connectivity index (χ1) is 12.3. The minimum atomic E-state index is -3.63. The van der Waals surface area contributed by atoms with E-state index in [0.717, 1.165) is 10.0 Å². The van der Waals surface area contributed by atoms with Crippen LogP contribution in [0.25, 0.3) is 0 Å². The zero-order valence-corrected chi connectivity index (χ0v) is 17.6. The van der Waals surface area contributed by atoms with Gasteiger partial charge in [0.25, 0.3) is 0 Å². The van der Waals surface area contributed by atoms with Crippen molar-refractivity contribution >= 4 is 55.1 Å². The number of hydrogen-bond donors (Lipinski definition) is 2. The minimum Gasteiger partial charge on any atom is -0.356 e. The fourth-order valence-electron chi connectivity index (χ4n) is 2.19. The highest BCUT2D eigenvalue weighted by Gasteiger charge is 2.13. The van der Waals surface area contributed by atoms with Crippen LogP contribution in [0.3, 0.4) is 0 Å². The van der Waals surface area contributed by atoms with E-state index in [1.165, 1.54) is 12.1 Å². The number of benzene rings is 2. The molecule has 0 aliphatic heterocycles. The van der Waals surface area contributed by atoms with Crippen molar-refractivity contribution in [3.8, 4) is 0 Å². The Balaban J connectivity index is 1.74. The molecule has 2 rings (SSSR count). The van der Waals surface area contributed by atoms with Gasteiger partial charge in [0.05, 0.1) is 4.90 Å². The molecule has 2 aromatic carbocycles. The summed E-state index contributed by atoms with van der Waals surface area (Å²) in [7, 11) is -3.63. The molecule has 0 saturated heterocycles. The number of nitrogens with one attached hydrogen (secondary N) is 2. The van der Waals surface area contributed by atoms with E-state index in [0.29, 0.717) is 23.0 Å². The van der Waals surface area contributed by atoms with Gasteiger partial charge in [-0.3, -0.25) is 4.79 Å². The molecule has 0 saturated carbocycles. The van der Waals surface area contributed by atoms with E-state index in [9.17, 15) is 13.2 Å². The first-order valence-corrected chi connectivity index (χ1v) is 10.8. The molecule has 0 aliphatic rings. The third kappa shape index (κ3) is 6.89. The number of carbonyl (C=O) groups excluding carboxylic acids is 1. The van der Waals surface area contributed by atoms with Gasteiger partial charge in [-0.1, -0.05) is 39.1 Å². The zero-order chi connectivity index (χ0) is 19.2. The minimum absolute atomic E-state index is 0.0211. The third-order valence-electron chi connectivity index (χ3n) is 3.43. The average Bonchev–Trinajstić information content (AvgIpc) is 2.54. The second-order valence-corrected chi connectivity index (χ2v) is 9.03. The van der Waals surface area contributed by atoms with Gasteiger partial charge in [0.1, 0.15) is 0 Å². The van der Waals surface area contributed by atoms with Crippen LogP contribution >= 0.6 is 39.1 Å². The van der Waals surface area contributed by atoms with E-state index in [1.54, 1.807) is 30.3 Å². The van der Waals surface area contributed by atoms with Crippen LogP contribution in [0.4, 0.5) is 0 Å². The Bertz CT molecular complexity index is 854.